The lowest BCUT2D eigenvalue weighted by atomic mass is 10.3. The highest BCUT2D eigenvalue weighted by molar-refractivity contribution is 7.80. The van der Waals surface area contributed by atoms with Crippen LogP contribution in [-0.2, 0) is 4.74 Å². The van der Waals surface area contributed by atoms with Crippen LogP contribution in [0.25, 0.3) is 0 Å². The second-order valence-corrected chi connectivity index (χ2v) is 5.55. The Morgan fingerprint density at radius 2 is 1.89 bits per heavy atom. The molecular weight excluding hydrogens is 278 g/mol. The Morgan fingerprint density at radius 1 is 1.21 bits per heavy atom. The van der Waals surface area contributed by atoms with E-state index in [1.807, 2.05) is 30.3 Å². The van der Waals surface area contributed by atoms with Gasteiger partial charge < -0.3 is 14.8 Å². The van der Waals surface area contributed by atoms with Gasteiger partial charge in [0.25, 0.3) is 0 Å². The summed E-state index contributed by atoms with van der Waals surface area (Å²) in [5, 5.41) is 3.89. The molecule has 0 unspecified atom stereocenters. The maximum Gasteiger partial charge on any atom is 0.201 e. The third-order valence-corrected chi connectivity index (χ3v) is 4.24. The number of hydrogen-bond donors (Lipinski definition) is 1. The third kappa shape index (κ3) is 3.24. The van der Waals surface area contributed by atoms with Crippen molar-refractivity contribution >= 4 is 40.0 Å². The molecule has 0 bridgehead atoms. The Morgan fingerprint density at radius 3 is 2.47 bits per heavy atom. The van der Waals surface area contributed by atoms with Crippen molar-refractivity contribution in [3.63, 3.8) is 0 Å². The number of thiophene rings is 1. The first kappa shape index (κ1) is 13.8. The van der Waals surface area contributed by atoms with Crippen LogP contribution in [0, 0.1) is 6.92 Å². The SMILES string of the molecule is COC(=S)c1cc(Nc2ccc(OC)cc2)c(C)s1. The summed E-state index contributed by atoms with van der Waals surface area (Å²) in [7, 11) is 3.25. The molecule has 0 saturated heterocycles. The topological polar surface area (TPSA) is 30.5 Å². The second kappa shape index (κ2) is 6.04. The van der Waals surface area contributed by atoms with Crippen molar-refractivity contribution in [2.24, 2.45) is 0 Å². The van der Waals surface area contributed by atoms with E-state index in [0.717, 1.165) is 22.0 Å². The second-order valence-electron chi connectivity index (χ2n) is 3.93. The maximum absolute atomic E-state index is 5.14. The number of aryl methyl sites for hydroxylation is 1. The average Bonchev–Trinajstić information content (AvgIpc) is 2.80. The van der Waals surface area contributed by atoms with Crippen LogP contribution >= 0.6 is 23.6 Å². The fourth-order valence-corrected chi connectivity index (χ4v) is 2.71. The highest BCUT2D eigenvalue weighted by Crippen LogP contribution is 2.30. The summed E-state index contributed by atoms with van der Waals surface area (Å²) in [5.41, 5.74) is 2.06. The zero-order valence-electron chi connectivity index (χ0n) is 11.0. The van der Waals surface area contributed by atoms with Crippen LogP contribution < -0.4 is 10.1 Å². The van der Waals surface area contributed by atoms with E-state index < -0.39 is 0 Å². The van der Waals surface area contributed by atoms with E-state index in [-0.39, 0.29) is 0 Å². The van der Waals surface area contributed by atoms with Crippen LogP contribution in [0.5, 0.6) is 5.75 Å². The lowest BCUT2D eigenvalue weighted by Crippen LogP contribution is -1.95. The third-order valence-electron chi connectivity index (χ3n) is 2.67. The molecule has 2 aromatic rings. The summed E-state index contributed by atoms with van der Waals surface area (Å²) in [4.78, 5) is 2.14. The van der Waals surface area contributed by atoms with E-state index in [0.29, 0.717) is 5.05 Å². The number of methoxy groups -OCH3 is 2. The number of anilines is 2. The molecule has 3 nitrogen and oxygen atoms in total. The number of ether oxygens (including phenoxy) is 2. The Balaban J connectivity index is 2.18. The molecule has 0 fully saturated rings. The van der Waals surface area contributed by atoms with Crippen molar-refractivity contribution in [1.29, 1.82) is 0 Å². The number of benzene rings is 1. The first-order valence-corrected chi connectivity index (χ1v) is 6.96. The Hall–Kier alpha value is -1.59. The van der Waals surface area contributed by atoms with Gasteiger partial charge in [0.1, 0.15) is 5.75 Å². The fourth-order valence-electron chi connectivity index (χ4n) is 1.64. The minimum atomic E-state index is 0.524. The smallest absolute Gasteiger partial charge is 0.201 e. The molecule has 2 rings (SSSR count). The van der Waals surface area contributed by atoms with E-state index in [1.165, 1.54) is 4.88 Å². The Bertz CT molecular complexity index is 576. The van der Waals surface area contributed by atoms with Gasteiger partial charge in [-0.3, -0.25) is 0 Å². The molecule has 0 aliphatic rings. The molecule has 0 saturated carbocycles. The highest BCUT2D eigenvalue weighted by Gasteiger charge is 2.09. The molecule has 1 N–H and O–H groups in total. The fraction of sp³-hybridized carbons (Fsp3) is 0.214. The van der Waals surface area contributed by atoms with Crippen molar-refractivity contribution in [1.82, 2.24) is 0 Å². The molecule has 5 heteroatoms. The molecule has 0 amide bonds. The largest absolute Gasteiger partial charge is 0.497 e. The van der Waals surface area contributed by atoms with E-state index in [9.17, 15) is 0 Å². The normalized spacial score (nSPS) is 10.1. The van der Waals surface area contributed by atoms with Crippen LogP contribution in [0.15, 0.2) is 30.3 Å². The molecule has 1 heterocycles. The van der Waals surface area contributed by atoms with Crippen molar-refractivity contribution in [3.8, 4) is 5.75 Å². The van der Waals surface area contributed by atoms with Gasteiger partial charge in [-0.25, -0.2) is 0 Å². The summed E-state index contributed by atoms with van der Waals surface area (Å²) in [5.74, 6) is 0.842. The van der Waals surface area contributed by atoms with Crippen molar-refractivity contribution < 1.29 is 9.47 Å². The standard InChI is InChI=1S/C14H15NO2S2/c1-9-12(8-13(19-9)14(18)17-3)15-10-4-6-11(16-2)7-5-10/h4-8,15H,1-3H3. The maximum atomic E-state index is 5.14. The molecule has 0 radical (unpaired) electrons. The predicted octanol–water partition coefficient (Wildman–Crippen LogP) is 4.13. The minimum Gasteiger partial charge on any atom is -0.497 e. The van der Waals surface area contributed by atoms with Gasteiger partial charge in [-0.1, -0.05) is 0 Å². The van der Waals surface area contributed by atoms with E-state index in [1.54, 1.807) is 25.6 Å². The quantitative estimate of drug-likeness (QED) is 0.859. The first-order chi connectivity index (χ1) is 9.13. The number of nitrogens with one attached hydrogen (secondary N) is 1. The molecular formula is C14H15NO2S2. The zero-order valence-corrected chi connectivity index (χ0v) is 12.7. The predicted molar refractivity (Wildman–Crippen MR) is 84.0 cm³/mol. The van der Waals surface area contributed by atoms with Gasteiger partial charge in [0.15, 0.2) is 0 Å². The highest BCUT2D eigenvalue weighted by atomic mass is 32.1. The van der Waals surface area contributed by atoms with Crippen LogP contribution in [0.1, 0.15) is 9.75 Å². The van der Waals surface area contributed by atoms with Gasteiger partial charge in [0, 0.05) is 10.6 Å². The van der Waals surface area contributed by atoms with Gasteiger partial charge in [-0.15, -0.1) is 11.3 Å². The van der Waals surface area contributed by atoms with Gasteiger partial charge in [-0.05, 0) is 49.5 Å². The lowest BCUT2D eigenvalue weighted by Gasteiger charge is -2.06. The van der Waals surface area contributed by atoms with E-state index in [2.05, 4.69) is 12.2 Å². The molecule has 0 atom stereocenters. The number of rotatable bonds is 4. The van der Waals surface area contributed by atoms with Crippen molar-refractivity contribution in [2.45, 2.75) is 6.92 Å². The van der Waals surface area contributed by atoms with Crippen molar-refractivity contribution in [2.75, 3.05) is 19.5 Å². The molecule has 0 aliphatic heterocycles. The molecule has 0 aliphatic carbocycles. The van der Waals surface area contributed by atoms with Crippen molar-refractivity contribution in [3.05, 3.63) is 40.1 Å². The van der Waals surface area contributed by atoms with Crippen LogP contribution in [0.4, 0.5) is 11.4 Å². The summed E-state index contributed by atoms with van der Waals surface area (Å²) in [6.07, 6.45) is 0. The molecule has 100 valence electrons. The van der Waals surface area contributed by atoms with Gasteiger partial charge in [-0.2, -0.15) is 0 Å². The van der Waals surface area contributed by atoms with Crippen LogP contribution in [-0.4, -0.2) is 19.3 Å². The summed E-state index contributed by atoms with van der Waals surface area (Å²) >= 11 is 6.76. The monoisotopic (exact) mass is 293 g/mol. The van der Waals surface area contributed by atoms with Gasteiger partial charge in [0.05, 0.1) is 24.8 Å². The van der Waals surface area contributed by atoms with E-state index >= 15 is 0 Å². The molecule has 0 spiro atoms. The number of hydrogen-bond acceptors (Lipinski definition) is 5. The summed E-state index contributed by atoms with van der Waals surface area (Å²) in [6, 6.07) is 9.81. The van der Waals surface area contributed by atoms with E-state index in [4.69, 9.17) is 21.7 Å². The van der Waals surface area contributed by atoms with Crippen LogP contribution in [0.3, 0.4) is 0 Å². The minimum absolute atomic E-state index is 0.524. The Kier molecular flexibility index (Phi) is 4.39. The molecule has 19 heavy (non-hydrogen) atoms. The first-order valence-electron chi connectivity index (χ1n) is 5.74. The lowest BCUT2D eigenvalue weighted by molar-refractivity contribution is 0.415. The van der Waals surface area contributed by atoms with Gasteiger partial charge >= 0.3 is 0 Å². The zero-order chi connectivity index (χ0) is 13.8. The van der Waals surface area contributed by atoms with Gasteiger partial charge in [0.2, 0.25) is 5.05 Å². The number of thiocarbonyl (C=S) groups is 1. The Labute approximate surface area is 122 Å². The summed E-state index contributed by atoms with van der Waals surface area (Å²) in [6.45, 7) is 2.05. The molecule has 1 aromatic heterocycles. The van der Waals surface area contributed by atoms with Crippen LogP contribution in [0.2, 0.25) is 0 Å². The molecule has 1 aromatic carbocycles. The average molecular weight is 293 g/mol. The summed E-state index contributed by atoms with van der Waals surface area (Å²) < 4.78 is 10.2.